The van der Waals surface area contributed by atoms with Crippen LogP contribution in [-0.4, -0.2) is 50.3 Å². The van der Waals surface area contributed by atoms with Crippen molar-refractivity contribution in [3.05, 3.63) is 107 Å². The molecule has 6 nitrogen and oxygen atoms in total. The van der Waals surface area contributed by atoms with E-state index in [4.69, 9.17) is 15.9 Å². The Hall–Kier alpha value is -4.16. The Morgan fingerprint density at radius 2 is 1.71 bits per heavy atom. The van der Waals surface area contributed by atoms with E-state index < -0.39 is 0 Å². The Balaban J connectivity index is 1.81. The third-order valence-electron chi connectivity index (χ3n) is 6.24. The number of benzene rings is 3. The summed E-state index contributed by atoms with van der Waals surface area (Å²) in [4.78, 5) is 13.2. The molecule has 0 saturated heterocycles. The number of hydrogen-bond acceptors (Lipinski definition) is 5. The summed E-state index contributed by atoms with van der Waals surface area (Å²) in [5.41, 5.74) is 13.0. The lowest BCUT2D eigenvalue weighted by Crippen LogP contribution is -2.32. The highest BCUT2D eigenvalue weighted by Gasteiger charge is 2.14. The first-order chi connectivity index (χ1) is 18.3. The second kappa shape index (κ2) is 14.0. The number of anilines is 1. The van der Waals surface area contributed by atoms with Crippen LogP contribution >= 0.6 is 0 Å². The SMILES string of the molecule is CC/C(=C(/c1ccc(OCC(C)NC/C=C/C(=O)N(C)C)cc1)c1ccc(N)c(C=N)c1)c1ccccc1. The molecule has 1 atom stereocenters. The van der Waals surface area contributed by atoms with E-state index in [0.29, 0.717) is 24.4 Å². The number of ether oxygens (including phenoxy) is 1. The molecule has 0 aliphatic rings. The van der Waals surface area contributed by atoms with Crippen LogP contribution in [0.4, 0.5) is 5.69 Å². The van der Waals surface area contributed by atoms with E-state index in [1.807, 2.05) is 49.4 Å². The molecule has 0 saturated carbocycles. The van der Waals surface area contributed by atoms with Crippen LogP contribution in [0.1, 0.15) is 42.5 Å². The molecule has 6 heteroatoms. The number of nitrogens with two attached hydrogens (primary N) is 1. The number of allylic oxidation sites excluding steroid dienone is 1. The fourth-order valence-corrected chi connectivity index (χ4v) is 4.11. The number of rotatable bonds is 12. The maximum atomic E-state index is 11.6. The third kappa shape index (κ3) is 7.67. The zero-order valence-corrected chi connectivity index (χ0v) is 22.7. The van der Waals surface area contributed by atoms with Gasteiger partial charge in [0.15, 0.2) is 0 Å². The summed E-state index contributed by atoms with van der Waals surface area (Å²) in [6.07, 6.45) is 5.53. The van der Waals surface area contributed by atoms with Crippen molar-refractivity contribution in [2.45, 2.75) is 26.3 Å². The first-order valence-electron chi connectivity index (χ1n) is 12.9. The molecule has 38 heavy (non-hydrogen) atoms. The standard InChI is InChI=1S/C32H38N4O2/c1-5-29(24-10-7-6-8-11-24)32(26-15-18-30(34)27(20-26)21-33)25-13-16-28(17-14-25)38-22-23(2)35-19-9-12-31(37)36(3)4/h6-18,20-21,23,33,35H,5,19,22,34H2,1-4H3/b12-9+,32-29+,33-21?. The van der Waals surface area contributed by atoms with E-state index in [1.54, 1.807) is 20.2 Å². The number of nitrogen functional groups attached to an aromatic ring is 1. The largest absolute Gasteiger partial charge is 0.492 e. The van der Waals surface area contributed by atoms with Crippen LogP contribution in [0, 0.1) is 5.41 Å². The van der Waals surface area contributed by atoms with Crippen LogP contribution in [0.3, 0.4) is 0 Å². The average molecular weight is 511 g/mol. The van der Waals surface area contributed by atoms with Gasteiger partial charge in [-0.3, -0.25) is 4.79 Å². The van der Waals surface area contributed by atoms with E-state index in [9.17, 15) is 4.79 Å². The van der Waals surface area contributed by atoms with E-state index in [0.717, 1.165) is 28.9 Å². The summed E-state index contributed by atoms with van der Waals surface area (Å²) in [6, 6.07) is 24.5. The number of hydrogen-bond donors (Lipinski definition) is 3. The maximum Gasteiger partial charge on any atom is 0.245 e. The molecule has 0 fully saturated rings. The second-order valence-electron chi connectivity index (χ2n) is 9.34. The van der Waals surface area contributed by atoms with Gasteiger partial charge in [0.1, 0.15) is 12.4 Å². The van der Waals surface area contributed by atoms with Crippen molar-refractivity contribution in [1.29, 1.82) is 5.41 Å². The second-order valence-corrected chi connectivity index (χ2v) is 9.34. The van der Waals surface area contributed by atoms with Gasteiger partial charge in [-0.2, -0.15) is 0 Å². The van der Waals surface area contributed by atoms with Gasteiger partial charge in [0.05, 0.1) is 0 Å². The van der Waals surface area contributed by atoms with Gasteiger partial charge < -0.3 is 26.1 Å². The lowest BCUT2D eigenvalue weighted by atomic mass is 9.87. The molecule has 0 bridgehead atoms. The zero-order valence-electron chi connectivity index (χ0n) is 22.7. The first kappa shape index (κ1) is 28.4. The maximum absolute atomic E-state index is 11.6. The first-order valence-corrected chi connectivity index (χ1v) is 12.9. The van der Waals surface area contributed by atoms with Gasteiger partial charge in [0, 0.05) is 50.2 Å². The van der Waals surface area contributed by atoms with E-state index in [1.165, 1.54) is 22.3 Å². The van der Waals surface area contributed by atoms with Crippen molar-refractivity contribution in [2.24, 2.45) is 0 Å². The Morgan fingerprint density at radius 1 is 1.03 bits per heavy atom. The minimum atomic E-state index is -0.0317. The molecule has 3 aromatic carbocycles. The van der Waals surface area contributed by atoms with Crippen molar-refractivity contribution in [1.82, 2.24) is 10.2 Å². The van der Waals surface area contributed by atoms with Crippen molar-refractivity contribution in [3.63, 3.8) is 0 Å². The normalized spacial score (nSPS) is 12.6. The van der Waals surface area contributed by atoms with E-state index in [-0.39, 0.29) is 11.9 Å². The number of likely N-dealkylation sites (N-methyl/N-ethyl adjacent to an activating group) is 1. The van der Waals surface area contributed by atoms with Gasteiger partial charge >= 0.3 is 0 Å². The molecule has 1 amide bonds. The lowest BCUT2D eigenvalue weighted by molar-refractivity contribution is -0.123. The lowest BCUT2D eigenvalue weighted by Gasteiger charge is -2.18. The Kier molecular flexibility index (Phi) is 10.4. The zero-order chi connectivity index (χ0) is 27.5. The molecule has 3 aromatic rings. The van der Waals surface area contributed by atoms with Crippen LogP contribution in [-0.2, 0) is 4.79 Å². The molecule has 0 aromatic heterocycles. The number of nitrogens with one attached hydrogen (secondary N) is 2. The monoisotopic (exact) mass is 510 g/mol. The minimum absolute atomic E-state index is 0.0317. The molecular formula is C32H38N4O2. The van der Waals surface area contributed by atoms with Gasteiger partial charge in [-0.15, -0.1) is 0 Å². The number of nitrogens with zero attached hydrogens (tertiary/aromatic N) is 1. The smallest absolute Gasteiger partial charge is 0.245 e. The van der Waals surface area contributed by atoms with Crippen molar-refractivity contribution in [3.8, 4) is 5.75 Å². The Bertz CT molecular complexity index is 1280. The molecule has 0 heterocycles. The van der Waals surface area contributed by atoms with Crippen LogP contribution in [0.5, 0.6) is 5.75 Å². The van der Waals surface area contributed by atoms with Crippen molar-refractivity contribution >= 4 is 29.0 Å². The topological polar surface area (TPSA) is 91.4 Å². The molecule has 3 rings (SSSR count). The van der Waals surface area contributed by atoms with Crippen molar-refractivity contribution in [2.75, 3.05) is 33.0 Å². The predicted molar refractivity (Wildman–Crippen MR) is 159 cm³/mol. The highest BCUT2D eigenvalue weighted by atomic mass is 16.5. The minimum Gasteiger partial charge on any atom is -0.492 e. The third-order valence-corrected chi connectivity index (χ3v) is 6.24. The highest BCUT2D eigenvalue weighted by Crippen LogP contribution is 2.36. The Labute approximate surface area is 226 Å². The molecule has 198 valence electrons. The molecule has 0 aliphatic carbocycles. The summed E-state index contributed by atoms with van der Waals surface area (Å²) >= 11 is 0. The van der Waals surface area contributed by atoms with E-state index in [2.05, 4.69) is 48.6 Å². The number of carbonyl (C=O) groups is 1. The van der Waals surface area contributed by atoms with Gasteiger partial charge in [0.25, 0.3) is 0 Å². The summed E-state index contributed by atoms with van der Waals surface area (Å²) in [6.45, 7) is 5.30. The summed E-state index contributed by atoms with van der Waals surface area (Å²) in [5.74, 6) is 0.756. The van der Waals surface area contributed by atoms with Crippen LogP contribution in [0.25, 0.3) is 11.1 Å². The number of amides is 1. The van der Waals surface area contributed by atoms with Crippen LogP contribution < -0.4 is 15.8 Å². The molecule has 0 aliphatic heterocycles. The molecular weight excluding hydrogens is 472 g/mol. The highest BCUT2D eigenvalue weighted by molar-refractivity contribution is 6.00. The molecule has 0 radical (unpaired) electrons. The van der Waals surface area contributed by atoms with Gasteiger partial charge in [-0.05, 0) is 65.4 Å². The predicted octanol–water partition coefficient (Wildman–Crippen LogP) is 5.64. The quantitative estimate of drug-likeness (QED) is 0.127. The van der Waals surface area contributed by atoms with Crippen LogP contribution in [0.2, 0.25) is 0 Å². The summed E-state index contributed by atoms with van der Waals surface area (Å²) in [5, 5.41) is 11.1. The fourth-order valence-electron chi connectivity index (χ4n) is 4.11. The van der Waals surface area contributed by atoms with Gasteiger partial charge in [-0.25, -0.2) is 0 Å². The summed E-state index contributed by atoms with van der Waals surface area (Å²) < 4.78 is 6.02. The number of carbonyl (C=O) groups excluding carboxylic acids is 1. The van der Waals surface area contributed by atoms with Crippen molar-refractivity contribution < 1.29 is 9.53 Å². The Morgan fingerprint density at radius 3 is 2.34 bits per heavy atom. The fraction of sp³-hybridized carbons (Fsp3) is 0.250. The summed E-state index contributed by atoms with van der Waals surface area (Å²) in [7, 11) is 3.46. The molecule has 0 spiro atoms. The van der Waals surface area contributed by atoms with Gasteiger partial charge in [-0.1, -0.05) is 61.5 Å². The molecule has 1 unspecified atom stereocenters. The molecule has 4 N–H and O–H groups in total. The van der Waals surface area contributed by atoms with Crippen LogP contribution in [0.15, 0.2) is 84.9 Å². The van der Waals surface area contributed by atoms with Gasteiger partial charge in [0.2, 0.25) is 5.91 Å². The van der Waals surface area contributed by atoms with E-state index >= 15 is 0 Å². The average Bonchev–Trinajstić information content (AvgIpc) is 2.94.